The molecule has 1 unspecified atom stereocenters. The first-order valence-electron chi connectivity index (χ1n) is 5.67. The zero-order valence-corrected chi connectivity index (χ0v) is 9.42. The van der Waals surface area contributed by atoms with E-state index in [-0.39, 0.29) is 0 Å². The molecule has 1 atom stereocenters. The lowest BCUT2D eigenvalue weighted by molar-refractivity contribution is 0.0574. The topological polar surface area (TPSA) is 30.5 Å². The van der Waals surface area contributed by atoms with Crippen LogP contribution in [0.2, 0.25) is 0 Å². The van der Waals surface area contributed by atoms with E-state index in [1.807, 2.05) is 0 Å². The molecule has 0 amide bonds. The van der Waals surface area contributed by atoms with Crippen LogP contribution in [0.4, 0.5) is 0 Å². The highest BCUT2D eigenvalue weighted by molar-refractivity contribution is 4.67. The van der Waals surface area contributed by atoms with E-state index >= 15 is 0 Å². The van der Waals surface area contributed by atoms with Gasteiger partial charge < -0.3 is 14.8 Å². The molecular weight excluding hydrogens is 178 g/mol. The maximum absolute atomic E-state index is 5.73. The standard InChI is InChI=1S/C11H23NO2/c1-10(9-13-2)12-7-8-14-11-5-3-4-6-11/h10-12H,3-9H2,1-2H3. The highest BCUT2D eigenvalue weighted by Crippen LogP contribution is 2.20. The Morgan fingerprint density at radius 1 is 1.36 bits per heavy atom. The Morgan fingerprint density at radius 2 is 2.07 bits per heavy atom. The summed E-state index contributed by atoms with van der Waals surface area (Å²) in [5.41, 5.74) is 0. The Morgan fingerprint density at radius 3 is 2.71 bits per heavy atom. The quantitative estimate of drug-likeness (QED) is 0.634. The van der Waals surface area contributed by atoms with Crippen molar-refractivity contribution in [3.63, 3.8) is 0 Å². The van der Waals surface area contributed by atoms with Crippen molar-refractivity contribution in [3.8, 4) is 0 Å². The van der Waals surface area contributed by atoms with Crippen LogP contribution >= 0.6 is 0 Å². The third-order valence-corrected chi connectivity index (χ3v) is 2.67. The third-order valence-electron chi connectivity index (χ3n) is 2.67. The molecule has 0 aliphatic heterocycles. The van der Waals surface area contributed by atoms with Gasteiger partial charge in [0.05, 0.1) is 19.3 Å². The number of methoxy groups -OCH3 is 1. The summed E-state index contributed by atoms with van der Waals surface area (Å²) in [5, 5.41) is 3.36. The van der Waals surface area contributed by atoms with Crippen molar-refractivity contribution < 1.29 is 9.47 Å². The Balaban J connectivity index is 1.88. The van der Waals surface area contributed by atoms with Crippen LogP contribution in [-0.4, -0.2) is 39.0 Å². The third kappa shape index (κ3) is 4.94. The molecule has 0 spiro atoms. The summed E-state index contributed by atoms with van der Waals surface area (Å²) in [6.07, 6.45) is 5.74. The fraction of sp³-hybridized carbons (Fsp3) is 1.00. The first kappa shape index (κ1) is 12.0. The molecule has 1 aliphatic rings. The van der Waals surface area contributed by atoms with E-state index in [0.29, 0.717) is 12.1 Å². The second-order valence-electron chi connectivity index (χ2n) is 4.09. The average molecular weight is 201 g/mol. The van der Waals surface area contributed by atoms with E-state index in [4.69, 9.17) is 9.47 Å². The van der Waals surface area contributed by atoms with Gasteiger partial charge in [0, 0.05) is 19.7 Å². The molecule has 0 bridgehead atoms. The van der Waals surface area contributed by atoms with Gasteiger partial charge in [-0.25, -0.2) is 0 Å². The van der Waals surface area contributed by atoms with Crippen molar-refractivity contribution in [2.45, 2.75) is 44.8 Å². The molecule has 1 fully saturated rings. The summed E-state index contributed by atoms with van der Waals surface area (Å²) in [7, 11) is 1.73. The summed E-state index contributed by atoms with van der Waals surface area (Å²) in [5.74, 6) is 0. The van der Waals surface area contributed by atoms with Crippen molar-refractivity contribution in [3.05, 3.63) is 0 Å². The molecule has 84 valence electrons. The van der Waals surface area contributed by atoms with E-state index in [0.717, 1.165) is 19.8 Å². The Kier molecular flexibility index (Phi) is 6.15. The predicted octanol–water partition coefficient (Wildman–Crippen LogP) is 1.57. The molecule has 0 aromatic rings. The molecule has 1 aliphatic carbocycles. The van der Waals surface area contributed by atoms with Gasteiger partial charge in [-0.1, -0.05) is 12.8 Å². The van der Waals surface area contributed by atoms with Gasteiger partial charge in [0.15, 0.2) is 0 Å². The highest BCUT2D eigenvalue weighted by atomic mass is 16.5. The molecule has 0 aromatic carbocycles. The van der Waals surface area contributed by atoms with Crippen LogP contribution < -0.4 is 5.32 Å². The molecule has 1 N–H and O–H groups in total. The second-order valence-corrected chi connectivity index (χ2v) is 4.09. The second kappa shape index (κ2) is 7.21. The maximum Gasteiger partial charge on any atom is 0.0613 e. The first-order valence-corrected chi connectivity index (χ1v) is 5.67. The molecule has 3 nitrogen and oxygen atoms in total. The number of rotatable bonds is 7. The largest absolute Gasteiger partial charge is 0.383 e. The summed E-state index contributed by atoms with van der Waals surface area (Å²) in [4.78, 5) is 0. The van der Waals surface area contributed by atoms with Gasteiger partial charge >= 0.3 is 0 Å². The molecule has 0 saturated heterocycles. The van der Waals surface area contributed by atoms with Gasteiger partial charge in [0.1, 0.15) is 0 Å². The van der Waals surface area contributed by atoms with E-state index in [9.17, 15) is 0 Å². The van der Waals surface area contributed by atoms with Gasteiger partial charge in [-0.3, -0.25) is 0 Å². The fourth-order valence-electron chi connectivity index (χ4n) is 1.89. The van der Waals surface area contributed by atoms with Crippen molar-refractivity contribution in [1.29, 1.82) is 0 Å². The monoisotopic (exact) mass is 201 g/mol. The smallest absolute Gasteiger partial charge is 0.0613 e. The van der Waals surface area contributed by atoms with Gasteiger partial charge in [-0.2, -0.15) is 0 Å². The van der Waals surface area contributed by atoms with E-state index in [2.05, 4.69) is 12.2 Å². The summed E-state index contributed by atoms with van der Waals surface area (Å²) < 4.78 is 10.8. The van der Waals surface area contributed by atoms with Crippen LogP contribution in [0.5, 0.6) is 0 Å². The molecule has 3 heteroatoms. The zero-order chi connectivity index (χ0) is 10.2. The van der Waals surface area contributed by atoms with Crippen molar-refractivity contribution in [1.82, 2.24) is 5.32 Å². The van der Waals surface area contributed by atoms with Crippen LogP contribution in [-0.2, 0) is 9.47 Å². The molecule has 0 radical (unpaired) electrons. The number of hydrogen-bond donors (Lipinski definition) is 1. The van der Waals surface area contributed by atoms with Gasteiger partial charge in [-0.15, -0.1) is 0 Å². The van der Waals surface area contributed by atoms with Gasteiger partial charge in [-0.05, 0) is 19.8 Å². The Bertz CT molecular complexity index is 135. The van der Waals surface area contributed by atoms with Crippen LogP contribution in [0.25, 0.3) is 0 Å². The molecule has 0 heterocycles. The van der Waals surface area contributed by atoms with Crippen LogP contribution in [0.1, 0.15) is 32.6 Å². The average Bonchev–Trinajstić information content (AvgIpc) is 2.65. The van der Waals surface area contributed by atoms with Gasteiger partial charge in [0.25, 0.3) is 0 Å². The van der Waals surface area contributed by atoms with Gasteiger partial charge in [0.2, 0.25) is 0 Å². The van der Waals surface area contributed by atoms with Crippen molar-refractivity contribution in [2.24, 2.45) is 0 Å². The minimum atomic E-state index is 0.423. The normalized spacial score (nSPS) is 20.1. The Hall–Kier alpha value is -0.120. The lowest BCUT2D eigenvalue weighted by Gasteiger charge is -2.14. The predicted molar refractivity (Wildman–Crippen MR) is 57.5 cm³/mol. The molecule has 1 saturated carbocycles. The number of nitrogens with one attached hydrogen (secondary N) is 1. The summed E-state index contributed by atoms with van der Waals surface area (Å²) >= 11 is 0. The first-order chi connectivity index (χ1) is 6.83. The van der Waals surface area contributed by atoms with Crippen molar-refractivity contribution >= 4 is 0 Å². The SMILES string of the molecule is COCC(C)NCCOC1CCCC1. The number of hydrogen-bond acceptors (Lipinski definition) is 3. The zero-order valence-electron chi connectivity index (χ0n) is 9.42. The lowest BCUT2D eigenvalue weighted by Crippen LogP contribution is -2.33. The fourth-order valence-corrected chi connectivity index (χ4v) is 1.89. The highest BCUT2D eigenvalue weighted by Gasteiger charge is 2.14. The van der Waals surface area contributed by atoms with Crippen LogP contribution in [0.3, 0.4) is 0 Å². The molecular formula is C11H23NO2. The molecule has 1 rings (SSSR count). The van der Waals surface area contributed by atoms with Crippen molar-refractivity contribution in [2.75, 3.05) is 26.9 Å². The van der Waals surface area contributed by atoms with Crippen LogP contribution in [0.15, 0.2) is 0 Å². The van der Waals surface area contributed by atoms with E-state index in [1.54, 1.807) is 7.11 Å². The molecule has 14 heavy (non-hydrogen) atoms. The maximum atomic E-state index is 5.73. The molecule has 0 aromatic heterocycles. The summed E-state index contributed by atoms with van der Waals surface area (Å²) in [6, 6.07) is 0.423. The van der Waals surface area contributed by atoms with E-state index in [1.165, 1.54) is 25.7 Å². The Labute approximate surface area is 87.2 Å². The summed E-state index contributed by atoms with van der Waals surface area (Å²) in [6.45, 7) is 4.66. The lowest BCUT2D eigenvalue weighted by atomic mass is 10.3. The minimum absolute atomic E-state index is 0.423. The number of ether oxygens (including phenoxy) is 2. The van der Waals surface area contributed by atoms with Crippen LogP contribution in [0, 0.1) is 0 Å². The van der Waals surface area contributed by atoms with E-state index < -0.39 is 0 Å². The minimum Gasteiger partial charge on any atom is -0.383 e.